The molecule has 0 fully saturated rings. The molecule has 1 aromatic heterocycles. The molecule has 6 heteroatoms. The number of aromatic nitrogens is 1. The van der Waals surface area contributed by atoms with Gasteiger partial charge in [0.2, 0.25) is 0 Å². The standard InChI is InChI=1S/C13H13FN2O2.C2H3F/c1-2-18-13(17)16-6-10-9-5-8(14)3-4-11(9)15-12(10)7-16;1-2-3/h3-5,15H,2,6-7H2,1H3;2H,1H2. The molecule has 0 aliphatic carbocycles. The number of nitrogens with zero attached hydrogens (tertiary/aromatic N) is 1. The van der Waals surface area contributed by atoms with E-state index in [1.807, 2.05) is 0 Å². The van der Waals surface area contributed by atoms with Crippen LogP contribution in [0.3, 0.4) is 0 Å². The molecule has 0 atom stereocenters. The second kappa shape index (κ2) is 6.39. The third-order valence-corrected chi connectivity index (χ3v) is 3.18. The molecule has 0 saturated heterocycles. The monoisotopic (exact) mass is 294 g/mol. The van der Waals surface area contributed by atoms with Crippen LogP contribution in [0.1, 0.15) is 18.2 Å². The van der Waals surface area contributed by atoms with E-state index in [2.05, 4.69) is 11.6 Å². The van der Waals surface area contributed by atoms with Crippen LogP contribution in [0, 0.1) is 5.82 Å². The first-order valence-electron chi connectivity index (χ1n) is 6.52. The Morgan fingerprint density at radius 3 is 2.90 bits per heavy atom. The first-order valence-corrected chi connectivity index (χ1v) is 6.52. The third kappa shape index (κ3) is 3.04. The highest BCUT2D eigenvalue weighted by atomic mass is 19.1. The van der Waals surface area contributed by atoms with Gasteiger partial charge in [0.25, 0.3) is 0 Å². The summed E-state index contributed by atoms with van der Waals surface area (Å²) in [7, 11) is 0. The van der Waals surface area contributed by atoms with Gasteiger partial charge in [0.1, 0.15) is 5.82 Å². The van der Waals surface area contributed by atoms with Crippen LogP contribution in [0.4, 0.5) is 13.6 Å². The highest BCUT2D eigenvalue weighted by molar-refractivity contribution is 5.86. The van der Waals surface area contributed by atoms with Crippen molar-refractivity contribution in [3.63, 3.8) is 0 Å². The van der Waals surface area contributed by atoms with Crippen LogP contribution < -0.4 is 0 Å². The molecule has 1 aromatic carbocycles. The molecule has 21 heavy (non-hydrogen) atoms. The molecule has 112 valence electrons. The fraction of sp³-hybridized carbons (Fsp3) is 0.267. The van der Waals surface area contributed by atoms with E-state index < -0.39 is 0 Å². The van der Waals surface area contributed by atoms with Gasteiger partial charge in [-0.1, -0.05) is 6.58 Å². The van der Waals surface area contributed by atoms with Crippen LogP contribution in [0.25, 0.3) is 10.9 Å². The van der Waals surface area contributed by atoms with E-state index in [0.29, 0.717) is 19.7 Å². The second-order valence-corrected chi connectivity index (χ2v) is 4.48. The number of fused-ring (bicyclic) bond motifs is 3. The largest absolute Gasteiger partial charge is 0.450 e. The minimum Gasteiger partial charge on any atom is -0.450 e. The number of H-pyrrole nitrogens is 1. The molecule has 0 unspecified atom stereocenters. The highest BCUT2D eigenvalue weighted by Crippen LogP contribution is 2.30. The summed E-state index contributed by atoms with van der Waals surface area (Å²) in [6.07, 6.45) is -0.0772. The second-order valence-electron chi connectivity index (χ2n) is 4.48. The maximum atomic E-state index is 13.2. The van der Waals surface area contributed by atoms with Crippen molar-refractivity contribution in [1.82, 2.24) is 9.88 Å². The first-order chi connectivity index (χ1) is 10.1. The number of aromatic amines is 1. The summed E-state index contributed by atoms with van der Waals surface area (Å²) in [5.74, 6) is -0.265. The third-order valence-electron chi connectivity index (χ3n) is 3.18. The summed E-state index contributed by atoms with van der Waals surface area (Å²) >= 11 is 0. The minimum absolute atomic E-state index is 0.250. The maximum Gasteiger partial charge on any atom is 0.410 e. The Hall–Kier alpha value is -2.37. The lowest BCUT2D eigenvalue weighted by Crippen LogP contribution is -2.26. The molecule has 0 bridgehead atoms. The number of hydrogen-bond donors (Lipinski definition) is 1. The number of rotatable bonds is 1. The highest BCUT2D eigenvalue weighted by Gasteiger charge is 2.27. The van der Waals surface area contributed by atoms with Gasteiger partial charge in [-0.25, -0.2) is 13.6 Å². The molecule has 1 N–H and O–H groups in total. The zero-order valence-electron chi connectivity index (χ0n) is 11.7. The Kier molecular flexibility index (Phi) is 4.57. The molecule has 0 saturated carbocycles. The Bertz CT molecular complexity index is 667. The van der Waals surface area contributed by atoms with E-state index >= 15 is 0 Å². The van der Waals surface area contributed by atoms with Crippen LogP contribution in [-0.2, 0) is 17.8 Å². The van der Waals surface area contributed by atoms with Crippen LogP contribution >= 0.6 is 0 Å². The Morgan fingerprint density at radius 1 is 1.52 bits per heavy atom. The van der Waals surface area contributed by atoms with Gasteiger partial charge < -0.3 is 9.72 Å². The van der Waals surface area contributed by atoms with E-state index in [1.54, 1.807) is 17.9 Å². The van der Waals surface area contributed by atoms with E-state index in [1.165, 1.54) is 12.1 Å². The van der Waals surface area contributed by atoms with E-state index in [-0.39, 0.29) is 18.2 Å². The summed E-state index contributed by atoms with van der Waals surface area (Å²) in [6.45, 7) is 5.79. The predicted octanol–water partition coefficient (Wildman–Crippen LogP) is 3.88. The average molecular weight is 294 g/mol. The summed E-state index contributed by atoms with van der Waals surface area (Å²) in [5.41, 5.74) is 2.85. The molecule has 0 spiro atoms. The van der Waals surface area contributed by atoms with Crippen molar-refractivity contribution in [2.24, 2.45) is 0 Å². The lowest BCUT2D eigenvalue weighted by molar-refractivity contribution is 0.106. The zero-order valence-corrected chi connectivity index (χ0v) is 11.7. The molecule has 1 aliphatic rings. The normalized spacial score (nSPS) is 12.6. The van der Waals surface area contributed by atoms with Crippen molar-refractivity contribution in [1.29, 1.82) is 0 Å². The van der Waals surface area contributed by atoms with Gasteiger partial charge in [-0.05, 0) is 25.1 Å². The van der Waals surface area contributed by atoms with Crippen molar-refractivity contribution in [3.05, 3.63) is 48.2 Å². The molecule has 3 rings (SSSR count). The van der Waals surface area contributed by atoms with E-state index in [4.69, 9.17) is 4.74 Å². The van der Waals surface area contributed by atoms with Crippen LogP contribution in [-0.4, -0.2) is 22.6 Å². The molecule has 2 aromatic rings. The summed E-state index contributed by atoms with van der Waals surface area (Å²) in [4.78, 5) is 16.5. The Balaban J connectivity index is 0.000000497. The minimum atomic E-state index is -0.327. The summed E-state index contributed by atoms with van der Waals surface area (Å²) in [5, 5.41) is 0.844. The Labute approximate surface area is 121 Å². The number of halogens is 2. The lowest BCUT2D eigenvalue weighted by Gasteiger charge is -2.14. The van der Waals surface area contributed by atoms with E-state index in [0.717, 1.165) is 22.2 Å². The Morgan fingerprint density at radius 2 is 2.24 bits per heavy atom. The molecular weight excluding hydrogens is 278 g/mol. The van der Waals surface area contributed by atoms with Gasteiger partial charge in [-0.2, -0.15) is 0 Å². The van der Waals surface area contributed by atoms with Gasteiger partial charge >= 0.3 is 6.09 Å². The average Bonchev–Trinajstić information content (AvgIpc) is 2.98. The molecule has 1 aliphatic heterocycles. The fourth-order valence-corrected chi connectivity index (χ4v) is 2.37. The lowest BCUT2D eigenvalue weighted by atomic mass is 10.1. The topological polar surface area (TPSA) is 45.3 Å². The molecular formula is C15H16F2N2O2. The predicted molar refractivity (Wildman–Crippen MR) is 75.8 cm³/mol. The number of hydrogen-bond acceptors (Lipinski definition) is 2. The molecule has 4 nitrogen and oxygen atoms in total. The van der Waals surface area contributed by atoms with Gasteiger partial charge in [0.15, 0.2) is 0 Å². The molecule has 1 amide bonds. The molecule has 2 heterocycles. The van der Waals surface area contributed by atoms with Crippen LogP contribution in [0.15, 0.2) is 31.1 Å². The van der Waals surface area contributed by atoms with Crippen molar-refractivity contribution in [2.75, 3.05) is 6.61 Å². The number of ether oxygens (including phenoxy) is 1. The molecule has 0 radical (unpaired) electrons. The van der Waals surface area contributed by atoms with Gasteiger partial charge in [-0.15, -0.1) is 0 Å². The maximum absolute atomic E-state index is 13.2. The van der Waals surface area contributed by atoms with Crippen molar-refractivity contribution in [2.45, 2.75) is 20.0 Å². The van der Waals surface area contributed by atoms with E-state index in [9.17, 15) is 13.6 Å². The smallest absolute Gasteiger partial charge is 0.410 e. The zero-order chi connectivity index (χ0) is 15.4. The number of amides is 1. The first kappa shape index (κ1) is 15.0. The number of carbonyl (C=O) groups excluding carboxylic acids is 1. The van der Waals surface area contributed by atoms with Crippen molar-refractivity contribution in [3.8, 4) is 0 Å². The van der Waals surface area contributed by atoms with Crippen molar-refractivity contribution < 1.29 is 18.3 Å². The van der Waals surface area contributed by atoms with Crippen LogP contribution in [0.2, 0.25) is 0 Å². The number of carbonyl (C=O) groups is 1. The summed E-state index contributed by atoms with van der Waals surface area (Å²) < 4.78 is 28.3. The SMILES string of the molecule is C=CF.CCOC(=O)N1Cc2[nH]c3ccc(F)cc3c2C1. The summed E-state index contributed by atoms with van der Waals surface area (Å²) in [6, 6.07) is 4.65. The fourth-order valence-electron chi connectivity index (χ4n) is 2.37. The quantitative estimate of drug-likeness (QED) is 0.867. The number of nitrogens with one attached hydrogen (secondary N) is 1. The van der Waals surface area contributed by atoms with Gasteiger partial charge in [0.05, 0.1) is 26.0 Å². The van der Waals surface area contributed by atoms with Crippen LogP contribution in [0.5, 0.6) is 0 Å². The van der Waals surface area contributed by atoms with Gasteiger partial charge in [-0.3, -0.25) is 4.90 Å². The van der Waals surface area contributed by atoms with Gasteiger partial charge in [0, 0.05) is 22.2 Å². The van der Waals surface area contributed by atoms with Crippen molar-refractivity contribution >= 4 is 17.0 Å². The number of benzene rings is 1.